The molecule has 1 aromatic carbocycles. The van der Waals surface area contributed by atoms with Crippen molar-refractivity contribution in [3.05, 3.63) is 50.7 Å². The molecule has 1 fully saturated rings. The molecule has 2 aliphatic rings. The van der Waals surface area contributed by atoms with Gasteiger partial charge in [-0.15, -0.1) is 11.3 Å². The Morgan fingerprint density at radius 1 is 1.24 bits per heavy atom. The third-order valence-electron chi connectivity index (χ3n) is 5.88. The Morgan fingerprint density at radius 2 is 2.00 bits per heavy atom. The van der Waals surface area contributed by atoms with Crippen LogP contribution in [0.3, 0.4) is 0 Å². The van der Waals surface area contributed by atoms with Gasteiger partial charge in [-0.3, -0.25) is 29.3 Å². The number of amides is 4. The van der Waals surface area contributed by atoms with E-state index in [4.69, 9.17) is 0 Å². The molecule has 0 bridgehead atoms. The zero-order valence-electron chi connectivity index (χ0n) is 18.6. The van der Waals surface area contributed by atoms with E-state index in [2.05, 4.69) is 10.6 Å². The molecule has 1 atom stereocenters. The Hall–Kier alpha value is -3.53. The number of nitrogens with zero attached hydrogens (tertiary/aromatic N) is 2. The summed E-state index contributed by atoms with van der Waals surface area (Å²) in [4.78, 5) is 65.8. The number of piperidine rings is 1. The fourth-order valence-corrected chi connectivity index (χ4v) is 5.09. The molecule has 0 radical (unpaired) electrons. The molecule has 2 aromatic rings. The van der Waals surface area contributed by atoms with Crippen LogP contribution in [0.1, 0.15) is 49.6 Å². The van der Waals surface area contributed by atoms with Gasteiger partial charge in [0.25, 0.3) is 17.6 Å². The van der Waals surface area contributed by atoms with Crippen LogP contribution in [-0.4, -0.2) is 54.4 Å². The molecule has 4 rings (SSSR count). The minimum Gasteiger partial charge on any atom is -0.377 e. The molecule has 1 unspecified atom stereocenters. The van der Waals surface area contributed by atoms with E-state index in [1.807, 2.05) is 27.1 Å². The van der Waals surface area contributed by atoms with Gasteiger partial charge >= 0.3 is 0 Å². The van der Waals surface area contributed by atoms with Crippen LogP contribution in [0.4, 0.5) is 5.69 Å². The van der Waals surface area contributed by atoms with Crippen molar-refractivity contribution < 1.29 is 24.0 Å². The second kappa shape index (κ2) is 8.78. The normalized spacial score (nSPS) is 17.6. The fraction of sp³-hybridized carbons (Fsp3) is 0.348. The Labute approximate surface area is 194 Å². The van der Waals surface area contributed by atoms with E-state index in [0.717, 1.165) is 16.0 Å². The minimum atomic E-state index is -0.726. The SMILES string of the molecule is Cc1ccc(C(=O)C(=O)NCc2scc3c2CN(C2CCC(=O)NC2=O)C3=O)c(N(C)C)c1. The van der Waals surface area contributed by atoms with Crippen molar-refractivity contribution in [3.63, 3.8) is 0 Å². The van der Waals surface area contributed by atoms with Crippen molar-refractivity contribution >= 4 is 46.4 Å². The Morgan fingerprint density at radius 3 is 2.70 bits per heavy atom. The van der Waals surface area contributed by atoms with Crippen molar-refractivity contribution in [1.29, 1.82) is 0 Å². The highest BCUT2D eigenvalue weighted by molar-refractivity contribution is 7.10. The van der Waals surface area contributed by atoms with Crippen LogP contribution in [0.15, 0.2) is 23.6 Å². The molecule has 4 amide bonds. The van der Waals surface area contributed by atoms with E-state index in [9.17, 15) is 24.0 Å². The molecule has 1 saturated heterocycles. The van der Waals surface area contributed by atoms with Crippen molar-refractivity contribution in [3.8, 4) is 0 Å². The van der Waals surface area contributed by atoms with Crippen LogP contribution in [0.25, 0.3) is 0 Å². The minimum absolute atomic E-state index is 0.101. The third-order valence-corrected chi connectivity index (χ3v) is 6.91. The predicted molar refractivity (Wildman–Crippen MR) is 122 cm³/mol. The molecule has 9 nitrogen and oxygen atoms in total. The number of nitrogens with one attached hydrogen (secondary N) is 2. The summed E-state index contributed by atoms with van der Waals surface area (Å²) in [6, 6.07) is 4.59. The second-order valence-electron chi connectivity index (χ2n) is 8.38. The Bertz CT molecular complexity index is 1190. The van der Waals surface area contributed by atoms with Gasteiger partial charge in [-0.1, -0.05) is 6.07 Å². The summed E-state index contributed by atoms with van der Waals surface area (Å²) in [5.74, 6) is -2.43. The van der Waals surface area contributed by atoms with E-state index >= 15 is 0 Å². The number of aryl methyl sites for hydroxylation is 1. The highest BCUT2D eigenvalue weighted by Crippen LogP contribution is 2.33. The first kappa shape index (κ1) is 22.7. The number of Topliss-reactive ketones (excluding diaryl/α,β-unsaturated/α-hetero) is 1. The monoisotopic (exact) mass is 468 g/mol. The molecule has 10 heteroatoms. The molecule has 2 aliphatic heterocycles. The first-order valence-corrected chi connectivity index (χ1v) is 11.4. The molecule has 0 spiro atoms. The van der Waals surface area contributed by atoms with Gasteiger partial charge in [0.1, 0.15) is 6.04 Å². The Balaban J connectivity index is 1.45. The van der Waals surface area contributed by atoms with E-state index in [0.29, 0.717) is 16.8 Å². The highest BCUT2D eigenvalue weighted by atomic mass is 32.1. The lowest BCUT2D eigenvalue weighted by Gasteiger charge is -2.29. The summed E-state index contributed by atoms with van der Waals surface area (Å²) in [5.41, 5.74) is 3.20. The number of fused-ring (bicyclic) bond motifs is 1. The molecule has 1 aromatic heterocycles. The molecule has 3 heterocycles. The summed E-state index contributed by atoms with van der Waals surface area (Å²) in [5, 5.41) is 6.65. The van der Waals surface area contributed by atoms with Crippen LogP contribution >= 0.6 is 11.3 Å². The van der Waals surface area contributed by atoms with E-state index in [-0.39, 0.29) is 37.7 Å². The number of anilines is 1. The number of ketones is 1. The maximum atomic E-state index is 12.8. The van der Waals surface area contributed by atoms with Gasteiger partial charge in [0.15, 0.2) is 0 Å². The molecule has 33 heavy (non-hydrogen) atoms. The van der Waals surface area contributed by atoms with Crippen molar-refractivity contribution in [2.45, 2.75) is 38.9 Å². The number of carbonyl (C=O) groups excluding carboxylic acids is 5. The van der Waals surface area contributed by atoms with Crippen LogP contribution in [-0.2, 0) is 27.5 Å². The van der Waals surface area contributed by atoms with Crippen LogP contribution in [0.5, 0.6) is 0 Å². The van der Waals surface area contributed by atoms with Gasteiger partial charge in [-0.05, 0) is 36.6 Å². The fourth-order valence-electron chi connectivity index (χ4n) is 4.12. The van der Waals surface area contributed by atoms with E-state index in [1.165, 1.54) is 16.2 Å². The van der Waals surface area contributed by atoms with Gasteiger partial charge in [0, 0.05) is 43.0 Å². The van der Waals surface area contributed by atoms with Crippen LogP contribution in [0, 0.1) is 6.92 Å². The summed E-state index contributed by atoms with van der Waals surface area (Å²) in [6.07, 6.45) is 0.474. The number of hydrogen-bond donors (Lipinski definition) is 2. The van der Waals surface area contributed by atoms with Crippen molar-refractivity contribution in [2.24, 2.45) is 0 Å². The maximum Gasteiger partial charge on any atom is 0.292 e. The Kier molecular flexibility index (Phi) is 6.03. The first-order chi connectivity index (χ1) is 15.7. The van der Waals surface area contributed by atoms with Crippen LogP contribution in [0.2, 0.25) is 0 Å². The molecular weight excluding hydrogens is 444 g/mol. The van der Waals surface area contributed by atoms with E-state index < -0.39 is 23.6 Å². The average Bonchev–Trinajstić information content (AvgIpc) is 3.31. The second-order valence-corrected chi connectivity index (χ2v) is 9.34. The molecule has 0 saturated carbocycles. The number of thiophene rings is 1. The summed E-state index contributed by atoms with van der Waals surface area (Å²) < 4.78 is 0. The molecule has 172 valence electrons. The van der Waals surface area contributed by atoms with Crippen LogP contribution < -0.4 is 15.5 Å². The first-order valence-electron chi connectivity index (χ1n) is 10.5. The lowest BCUT2D eigenvalue weighted by atomic mass is 10.0. The smallest absolute Gasteiger partial charge is 0.292 e. The van der Waals surface area contributed by atoms with Gasteiger partial charge in [-0.25, -0.2) is 0 Å². The van der Waals surface area contributed by atoms with E-state index in [1.54, 1.807) is 22.4 Å². The molecule has 2 N–H and O–H groups in total. The third kappa shape index (κ3) is 4.25. The van der Waals surface area contributed by atoms with Gasteiger partial charge in [-0.2, -0.15) is 0 Å². The largest absolute Gasteiger partial charge is 0.377 e. The number of carbonyl (C=O) groups is 5. The number of hydrogen-bond acceptors (Lipinski definition) is 7. The quantitative estimate of drug-likeness (QED) is 0.376. The topological polar surface area (TPSA) is 116 Å². The number of rotatable bonds is 6. The summed E-state index contributed by atoms with van der Waals surface area (Å²) in [7, 11) is 3.62. The standard InChI is InChI=1S/C23H24N4O5S/c1-12-4-5-13(17(8-12)26(2)3)20(29)22(31)24-9-18-14-10-27(23(32)15(14)11-33-18)16-6-7-19(28)25-21(16)30/h4-5,8,11,16H,6-7,9-10H2,1-3H3,(H,24,31)(H,25,28,30). The average molecular weight is 469 g/mol. The molecule has 0 aliphatic carbocycles. The highest BCUT2D eigenvalue weighted by Gasteiger charge is 2.40. The van der Waals surface area contributed by atoms with Crippen molar-refractivity contribution in [1.82, 2.24) is 15.5 Å². The zero-order chi connectivity index (χ0) is 23.9. The summed E-state index contributed by atoms with van der Waals surface area (Å²) in [6.45, 7) is 2.24. The lowest BCUT2D eigenvalue weighted by Crippen LogP contribution is -2.52. The van der Waals surface area contributed by atoms with Gasteiger partial charge in [0.05, 0.1) is 17.7 Å². The summed E-state index contributed by atoms with van der Waals surface area (Å²) >= 11 is 1.33. The predicted octanol–water partition coefficient (Wildman–Crippen LogP) is 1.38. The zero-order valence-corrected chi connectivity index (χ0v) is 19.4. The maximum absolute atomic E-state index is 12.8. The molecular formula is C23H24N4O5S. The van der Waals surface area contributed by atoms with Gasteiger partial charge in [0.2, 0.25) is 11.8 Å². The lowest BCUT2D eigenvalue weighted by molar-refractivity contribution is -0.136. The number of benzene rings is 1. The van der Waals surface area contributed by atoms with Gasteiger partial charge < -0.3 is 15.1 Å². The van der Waals surface area contributed by atoms with Crippen molar-refractivity contribution in [2.75, 3.05) is 19.0 Å². The number of imide groups is 1.